The monoisotopic (exact) mass is 311 g/mol. The van der Waals surface area contributed by atoms with Crippen LogP contribution < -0.4 is 28.4 Å². The van der Waals surface area contributed by atoms with E-state index >= 15 is 0 Å². The van der Waals surface area contributed by atoms with Crippen molar-refractivity contribution in [1.29, 1.82) is 0 Å². The molecule has 0 aromatic heterocycles. The minimum absolute atomic E-state index is 0. The van der Waals surface area contributed by atoms with Crippen LogP contribution in [0.5, 0.6) is 0 Å². The van der Waals surface area contributed by atoms with Crippen LogP contribution in [0.2, 0.25) is 0 Å². The average Bonchev–Trinajstić information content (AvgIpc) is 2.39. The lowest BCUT2D eigenvalue weighted by Gasteiger charge is -2.10. The molecule has 0 saturated heterocycles. The Morgan fingerprint density at radius 2 is 1.81 bits per heavy atom. The zero-order valence-electron chi connectivity index (χ0n) is 13.5. The zero-order valence-corrected chi connectivity index (χ0v) is 14.3. The van der Waals surface area contributed by atoms with Crippen molar-refractivity contribution >= 4 is 5.96 Å². The maximum atomic E-state index is 5.96. The predicted molar refractivity (Wildman–Crippen MR) is 86.5 cm³/mol. The van der Waals surface area contributed by atoms with Gasteiger partial charge in [-0.15, -0.1) is 0 Å². The fourth-order valence-electron chi connectivity index (χ4n) is 2.21. The Morgan fingerprint density at radius 1 is 1.14 bits per heavy atom. The first kappa shape index (κ1) is 19.8. The summed E-state index contributed by atoms with van der Waals surface area (Å²) in [5.74, 6) is 1.48. The molecule has 0 bridgehead atoms. The molecule has 120 valence electrons. The molecule has 0 heterocycles. The standard InChI is InChI=1S/C17H29N3.ClH/c1-14(2)8-7-9-15(3)20-17(18)19-13-12-16-10-5-4-6-11-16;/h4-6,10-11,14-15H,7-9,12-13H2,1-3H3,(H3,18,19,20);1H. The van der Waals surface area contributed by atoms with E-state index < -0.39 is 0 Å². The van der Waals surface area contributed by atoms with Crippen LogP contribution in [-0.2, 0) is 6.42 Å². The summed E-state index contributed by atoms with van der Waals surface area (Å²) in [6.07, 6.45) is 4.70. The van der Waals surface area contributed by atoms with Gasteiger partial charge in [0.15, 0.2) is 0 Å². The summed E-state index contributed by atoms with van der Waals surface area (Å²) in [6, 6.07) is 10.9. The van der Waals surface area contributed by atoms with Gasteiger partial charge in [-0.2, -0.15) is 0 Å². The predicted octanol–water partition coefficient (Wildman–Crippen LogP) is -1.57. The van der Waals surface area contributed by atoms with Crippen LogP contribution >= 0.6 is 0 Å². The minimum Gasteiger partial charge on any atom is -1.00 e. The third-order valence-corrected chi connectivity index (χ3v) is 3.39. The van der Waals surface area contributed by atoms with E-state index in [9.17, 15) is 0 Å². The third-order valence-electron chi connectivity index (χ3n) is 3.39. The summed E-state index contributed by atoms with van der Waals surface area (Å²) >= 11 is 0. The van der Waals surface area contributed by atoms with Gasteiger partial charge in [0.2, 0.25) is 0 Å². The van der Waals surface area contributed by atoms with Crippen molar-refractivity contribution in [2.24, 2.45) is 11.7 Å². The van der Waals surface area contributed by atoms with E-state index in [1.807, 2.05) is 6.07 Å². The van der Waals surface area contributed by atoms with Crippen molar-refractivity contribution in [3.8, 4) is 0 Å². The maximum Gasteiger partial charge on any atom is 0.341 e. The molecule has 0 saturated carbocycles. The summed E-state index contributed by atoms with van der Waals surface area (Å²) in [5, 5.41) is 3.32. The summed E-state index contributed by atoms with van der Waals surface area (Å²) in [5.41, 5.74) is 7.30. The third kappa shape index (κ3) is 10.2. The van der Waals surface area contributed by atoms with Crippen molar-refractivity contribution in [2.45, 2.75) is 52.5 Å². The van der Waals surface area contributed by atoms with Gasteiger partial charge in [0.1, 0.15) is 0 Å². The molecule has 0 spiro atoms. The number of nitrogens with two attached hydrogens (primary N) is 1. The number of hydrogen-bond donors (Lipinski definition) is 3. The molecular formula is C17H30ClN3. The number of benzene rings is 1. The highest BCUT2D eigenvalue weighted by atomic mass is 35.5. The first-order valence-electron chi connectivity index (χ1n) is 7.74. The number of guanidine groups is 1. The lowest BCUT2D eigenvalue weighted by molar-refractivity contribution is -0.459. The largest absolute Gasteiger partial charge is 1.00 e. The van der Waals surface area contributed by atoms with Crippen LogP contribution in [0.15, 0.2) is 30.3 Å². The Hall–Kier alpha value is -1.22. The molecule has 0 aliphatic rings. The van der Waals surface area contributed by atoms with Crippen molar-refractivity contribution in [2.75, 3.05) is 6.54 Å². The lowest BCUT2D eigenvalue weighted by atomic mass is 10.0. The zero-order chi connectivity index (χ0) is 14.8. The molecule has 21 heavy (non-hydrogen) atoms. The maximum absolute atomic E-state index is 5.96. The SMILES string of the molecule is CC(C)CCCC(C)NC(N)=[NH+]CCc1ccccc1.[Cl-]. The number of halogens is 1. The first-order valence-corrected chi connectivity index (χ1v) is 7.74. The van der Waals surface area contributed by atoms with Gasteiger partial charge in [-0.25, -0.2) is 0 Å². The van der Waals surface area contributed by atoms with Crippen LogP contribution in [0, 0.1) is 5.92 Å². The van der Waals surface area contributed by atoms with Crippen LogP contribution in [0.1, 0.15) is 45.6 Å². The smallest absolute Gasteiger partial charge is 0.341 e. The summed E-state index contributed by atoms with van der Waals surface area (Å²) in [7, 11) is 0. The van der Waals surface area contributed by atoms with Crippen LogP contribution in [0.25, 0.3) is 0 Å². The van der Waals surface area contributed by atoms with Gasteiger partial charge in [0, 0.05) is 6.42 Å². The van der Waals surface area contributed by atoms with Crippen molar-refractivity contribution in [3.05, 3.63) is 35.9 Å². The first-order chi connectivity index (χ1) is 9.58. The molecule has 0 aliphatic carbocycles. The second kappa shape index (κ2) is 11.4. The molecule has 1 aromatic rings. The van der Waals surface area contributed by atoms with Gasteiger partial charge in [-0.3, -0.25) is 16.0 Å². The molecule has 1 rings (SSSR count). The van der Waals surface area contributed by atoms with Crippen molar-refractivity contribution < 1.29 is 17.4 Å². The fraction of sp³-hybridized carbons (Fsp3) is 0.588. The summed E-state index contributed by atoms with van der Waals surface area (Å²) in [6.45, 7) is 7.58. The quantitative estimate of drug-likeness (QED) is 0.401. The fourth-order valence-corrected chi connectivity index (χ4v) is 2.21. The molecular weight excluding hydrogens is 282 g/mol. The van der Waals surface area contributed by atoms with E-state index in [0.717, 1.165) is 18.9 Å². The molecule has 4 heteroatoms. The van der Waals surface area contributed by atoms with Crippen molar-refractivity contribution in [1.82, 2.24) is 5.32 Å². The molecule has 0 radical (unpaired) electrons. The second-order valence-corrected chi connectivity index (χ2v) is 5.95. The Morgan fingerprint density at radius 3 is 2.43 bits per heavy atom. The Balaban J connectivity index is 0.00000400. The average molecular weight is 312 g/mol. The van der Waals surface area contributed by atoms with E-state index in [4.69, 9.17) is 5.73 Å². The molecule has 0 aliphatic heterocycles. The van der Waals surface area contributed by atoms with Crippen LogP contribution in [-0.4, -0.2) is 18.5 Å². The van der Waals surface area contributed by atoms with Gasteiger partial charge >= 0.3 is 5.96 Å². The van der Waals surface area contributed by atoms with Gasteiger partial charge in [0.05, 0.1) is 12.6 Å². The number of rotatable bonds is 8. The molecule has 0 fully saturated rings. The topological polar surface area (TPSA) is 52.0 Å². The van der Waals surface area contributed by atoms with Crippen molar-refractivity contribution in [3.63, 3.8) is 0 Å². The minimum atomic E-state index is 0. The van der Waals surface area contributed by atoms with E-state index in [1.54, 1.807) is 0 Å². The molecule has 1 unspecified atom stereocenters. The van der Waals surface area contributed by atoms with Crippen LogP contribution in [0.4, 0.5) is 0 Å². The van der Waals surface area contributed by atoms with E-state index in [-0.39, 0.29) is 12.4 Å². The van der Waals surface area contributed by atoms with Gasteiger partial charge in [-0.05, 0) is 31.2 Å². The van der Waals surface area contributed by atoms with Gasteiger partial charge < -0.3 is 12.4 Å². The Labute approximate surface area is 135 Å². The highest BCUT2D eigenvalue weighted by Gasteiger charge is 2.07. The summed E-state index contributed by atoms with van der Waals surface area (Å²) < 4.78 is 0. The highest BCUT2D eigenvalue weighted by Crippen LogP contribution is 2.07. The summed E-state index contributed by atoms with van der Waals surface area (Å²) in [4.78, 5) is 3.24. The highest BCUT2D eigenvalue weighted by molar-refractivity contribution is 5.71. The number of nitrogens with one attached hydrogen (secondary N) is 2. The van der Waals surface area contributed by atoms with E-state index in [0.29, 0.717) is 12.0 Å². The number of hydrogen-bond acceptors (Lipinski definition) is 0. The van der Waals surface area contributed by atoms with Gasteiger partial charge in [-0.1, -0.05) is 50.6 Å². The second-order valence-electron chi connectivity index (χ2n) is 5.95. The molecule has 0 amide bonds. The van der Waals surface area contributed by atoms with Crippen LogP contribution in [0.3, 0.4) is 0 Å². The van der Waals surface area contributed by atoms with E-state index in [1.165, 1.54) is 24.8 Å². The molecule has 1 atom stereocenters. The molecule has 4 N–H and O–H groups in total. The lowest BCUT2D eigenvalue weighted by Crippen LogP contribution is -3.00. The molecule has 3 nitrogen and oxygen atoms in total. The molecule has 1 aromatic carbocycles. The Kier molecular flexibility index (Phi) is 10.8. The van der Waals surface area contributed by atoms with E-state index in [2.05, 4.69) is 55.3 Å². The van der Waals surface area contributed by atoms with Gasteiger partial charge in [0.25, 0.3) is 0 Å². The normalized spacial score (nSPS) is 12.9. The Bertz CT molecular complexity index is 390.